The lowest BCUT2D eigenvalue weighted by Gasteiger charge is -2.14. The first kappa shape index (κ1) is 36.2. The van der Waals surface area contributed by atoms with Crippen molar-refractivity contribution < 1.29 is 9.59 Å². The number of carbonyl (C=O) groups excluding carboxylic acids is 2. The van der Waals surface area contributed by atoms with E-state index in [2.05, 4.69) is 31.1 Å². The highest BCUT2D eigenvalue weighted by atomic mass is 16.2. The van der Waals surface area contributed by atoms with Crippen LogP contribution in [-0.2, 0) is 6.54 Å². The summed E-state index contributed by atoms with van der Waals surface area (Å²) in [5.74, 6) is 0.401. The molecule has 3 rings (SSSR count). The maximum atomic E-state index is 12.3. The molecule has 2 amide bonds. The van der Waals surface area contributed by atoms with Crippen molar-refractivity contribution in [3.8, 4) is 0 Å². The van der Waals surface area contributed by atoms with Crippen molar-refractivity contribution in [3.63, 3.8) is 0 Å². The average molecular weight is 615 g/mol. The van der Waals surface area contributed by atoms with Gasteiger partial charge in [0.1, 0.15) is 0 Å². The van der Waals surface area contributed by atoms with Gasteiger partial charge in [0, 0.05) is 43.2 Å². The number of nitrogens with zero attached hydrogens (tertiary/aromatic N) is 4. The Labute approximate surface area is 258 Å². The number of nitrogens with one attached hydrogen (secondary N) is 2. The van der Waals surface area contributed by atoms with E-state index in [1.165, 1.54) is 23.0 Å². The van der Waals surface area contributed by atoms with Gasteiger partial charge in [-0.25, -0.2) is 28.3 Å². The molecule has 2 heterocycles. The zero-order valence-corrected chi connectivity index (χ0v) is 27.0. The summed E-state index contributed by atoms with van der Waals surface area (Å²) in [6.07, 6.45) is 14.6. The molecule has 2 aromatic rings. The number of aromatic nitrogens is 4. The lowest BCUT2D eigenvalue weighted by atomic mass is 10.2. The lowest BCUT2D eigenvalue weighted by molar-refractivity contribution is 0.239. The fraction of sp³-hybridized carbons (Fsp3) is 0.625. The second kappa shape index (κ2) is 18.0. The Morgan fingerprint density at radius 3 is 1.75 bits per heavy atom. The Morgan fingerprint density at radius 1 is 0.818 bits per heavy atom. The molecule has 1 unspecified atom stereocenters. The topological polar surface area (TPSA) is 146 Å². The van der Waals surface area contributed by atoms with Gasteiger partial charge in [-0.2, -0.15) is 0 Å². The average Bonchev–Trinajstić information content (AvgIpc) is 3.83. The predicted molar refractivity (Wildman–Crippen MR) is 173 cm³/mol. The Hall–Kier alpha value is -3.96. The number of unbranched alkanes of at least 4 members (excludes halogenated alkanes) is 6. The summed E-state index contributed by atoms with van der Waals surface area (Å²) in [7, 11) is 0. The molecule has 2 N–H and O–H groups in total. The normalized spacial score (nSPS) is 13.0. The molecular formula is C32H50N6O6. The van der Waals surface area contributed by atoms with Crippen LogP contribution >= 0.6 is 0 Å². The van der Waals surface area contributed by atoms with E-state index in [-0.39, 0.29) is 5.56 Å². The van der Waals surface area contributed by atoms with E-state index >= 15 is 0 Å². The van der Waals surface area contributed by atoms with Gasteiger partial charge in [-0.1, -0.05) is 58.4 Å². The Balaban J connectivity index is 0.000000307. The van der Waals surface area contributed by atoms with Crippen molar-refractivity contribution >= 4 is 12.1 Å². The van der Waals surface area contributed by atoms with Crippen LogP contribution in [0, 0.1) is 19.8 Å². The molecule has 0 bridgehead atoms. The maximum Gasteiger partial charge on any atom is 0.339 e. The third-order valence-corrected chi connectivity index (χ3v) is 7.57. The van der Waals surface area contributed by atoms with Crippen molar-refractivity contribution in [2.45, 2.75) is 111 Å². The zero-order valence-electron chi connectivity index (χ0n) is 27.0. The van der Waals surface area contributed by atoms with Gasteiger partial charge in [0.05, 0.1) is 6.04 Å². The first-order valence-electron chi connectivity index (χ1n) is 15.8. The lowest BCUT2D eigenvalue weighted by Crippen LogP contribution is -2.46. The van der Waals surface area contributed by atoms with Crippen LogP contribution in [0.2, 0.25) is 0 Å². The third-order valence-electron chi connectivity index (χ3n) is 7.57. The predicted octanol–water partition coefficient (Wildman–Crippen LogP) is 4.07. The fourth-order valence-corrected chi connectivity index (χ4v) is 4.57. The van der Waals surface area contributed by atoms with E-state index in [0.29, 0.717) is 36.7 Å². The second-order valence-corrected chi connectivity index (χ2v) is 11.5. The summed E-state index contributed by atoms with van der Waals surface area (Å²) in [4.78, 5) is 73.1. The van der Waals surface area contributed by atoms with Crippen LogP contribution in [-0.4, -0.2) is 43.4 Å². The minimum atomic E-state index is -0.644. The van der Waals surface area contributed by atoms with Gasteiger partial charge in [0.2, 0.25) is 0 Å². The highest BCUT2D eigenvalue weighted by molar-refractivity contribution is 5.76. The molecule has 0 aromatic carbocycles. The molecule has 1 aliphatic carbocycles. The van der Waals surface area contributed by atoms with Gasteiger partial charge in [-0.3, -0.25) is 18.7 Å². The van der Waals surface area contributed by atoms with Crippen LogP contribution in [0.1, 0.15) is 102 Å². The molecule has 244 valence electrons. The first-order valence-corrected chi connectivity index (χ1v) is 15.8. The van der Waals surface area contributed by atoms with E-state index in [1.807, 2.05) is 0 Å². The highest BCUT2D eigenvalue weighted by Crippen LogP contribution is 2.29. The number of carbonyl (C=O) groups is 2. The van der Waals surface area contributed by atoms with Gasteiger partial charge in [0.15, 0.2) is 0 Å². The molecular weight excluding hydrogens is 564 g/mol. The molecule has 1 aliphatic rings. The van der Waals surface area contributed by atoms with E-state index in [1.54, 1.807) is 20.8 Å². The maximum absolute atomic E-state index is 12.3. The summed E-state index contributed by atoms with van der Waals surface area (Å²) in [6, 6.07) is -1.42. The van der Waals surface area contributed by atoms with Crippen LogP contribution in [0.15, 0.2) is 44.2 Å². The van der Waals surface area contributed by atoms with Gasteiger partial charge >= 0.3 is 23.4 Å². The van der Waals surface area contributed by atoms with Crippen LogP contribution in [0.4, 0.5) is 9.59 Å². The molecule has 0 radical (unpaired) electrons. The molecule has 0 spiro atoms. The van der Waals surface area contributed by atoms with Crippen LogP contribution in [0.5, 0.6) is 0 Å². The molecule has 0 aliphatic heterocycles. The number of aryl methyl sites for hydroxylation is 2. The molecule has 12 nitrogen and oxygen atoms in total. The minimum absolute atomic E-state index is 0.288. The molecule has 1 saturated carbocycles. The molecule has 0 saturated heterocycles. The number of hydrogen-bond acceptors (Lipinski definition) is 6. The largest absolute Gasteiger partial charge is 0.339 e. The smallest absolute Gasteiger partial charge is 0.337 e. The summed E-state index contributed by atoms with van der Waals surface area (Å²) >= 11 is 0. The van der Waals surface area contributed by atoms with Crippen molar-refractivity contribution in [1.29, 1.82) is 0 Å². The molecule has 44 heavy (non-hydrogen) atoms. The van der Waals surface area contributed by atoms with E-state index in [4.69, 9.17) is 0 Å². The summed E-state index contributed by atoms with van der Waals surface area (Å²) in [5, 5.41) is 5.46. The van der Waals surface area contributed by atoms with Crippen molar-refractivity contribution in [2.24, 2.45) is 5.92 Å². The standard InChI is InChI=1S/2C16H25N3O3/c1-3-4-5-6-9-17-15(21)19-10-12(2)14(20)18(16(19)22)11-13-7-8-13;1-5-7-8-9-10-17-15(21)18-11-12(3)14(20)19(16(18)22)13(4)6-2/h10,13H,3-9,11H2,1-2H3,(H,17,21);6,11,13H,2,5,7-10H2,1,3-4H3,(H,17,21). The zero-order chi connectivity index (χ0) is 32.8. The monoisotopic (exact) mass is 614 g/mol. The van der Waals surface area contributed by atoms with E-state index < -0.39 is 35.0 Å². The SMILES string of the molecule is C=CC(C)n1c(=O)c(C)cn(C(=O)NCCCCCC)c1=O.CCCCCCNC(=O)n1cc(C)c(=O)n(CC2CC2)c1=O. The van der Waals surface area contributed by atoms with E-state index in [9.17, 15) is 28.8 Å². The number of rotatable bonds is 14. The third kappa shape index (κ3) is 10.3. The van der Waals surface area contributed by atoms with Gasteiger partial charge in [0.25, 0.3) is 11.1 Å². The molecule has 2 aromatic heterocycles. The van der Waals surface area contributed by atoms with Crippen LogP contribution in [0.3, 0.4) is 0 Å². The highest BCUT2D eigenvalue weighted by Gasteiger charge is 2.25. The Kier molecular flexibility index (Phi) is 14.8. The van der Waals surface area contributed by atoms with Crippen molar-refractivity contribution in [2.75, 3.05) is 13.1 Å². The summed E-state index contributed by atoms with van der Waals surface area (Å²) < 4.78 is 4.22. The van der Waals surface area contributed by atoms with Crippen molar-refractivity contribution in [1.82, 2.24) is 28.9 Å². The fourth-order valence-electron chi connectivity index (χ4n) is 4.57. The van der Waals surface area contributed by atoms with Crippen molar-refractivity contribution in [3.05, 3.63) is 77.9 Å². The number of hydrogen-bond donors (Lipinski definition) is 2. The first-order chi connectivity index (χ1) is 21.0. The van der Waals surface area contributed by atoms with Gasteiger partial charge in [-0.15, -0.1) is 6.58 Å². The van der Waals surface area contributed by atoms with Crippen LogP contribution < -0.4 is 33.1 Å². The summed E-state index contributed by atoms with van der Waals surface area (Å²) in [5.41, 5.74) is -1.10. The Bertz CT molecular complexity index is 1510. The van der Waals surface area contributed by atoms with Crippen LogP contribution in [0.25, 0.3) is 0 Å². The van der Waals surface area contributed by atoms with Gasteiger partial charge < -0.3 is 10.6 Å². The molecule has 1 atom stereocenters. The molecule has 1 fully saturated rings. The van der Waals surface area contributed by atoms with E-state index in [0.717, 1.165) is 77.9 Å². The minimum Gasteiger partial charge on any atom is -0.337 e. The number of allylic oxidation sites excluding steroid dienone is 1. The quantitative estimate of drug-likeness (QED) is 0.242. The number of amides is 2. The second-order valence-electron chi connectivity index (χ2n) is 11.5. The van der Waals surface area contributed by atoms with Gasteiger partial charge in [-0.05, 0) is 52.4 Å². The summed E-state index contributed by atoms with van der Waals surface area (Å²) in [6.45, 7) is 14.2. The molecule has 12 heteroatoms. The Morgan fingerprint density at radius 2 is 1.30 bits per heavy atom.